The molecule has 5 aromatic rings. The molecule has 3 aromatic carbocycles. The summed E-state index contributed by atoms with van der Waals surface area (Å²) in [5, 5.41) is 3.75. The number of nitrogens with zero attached hydrogens (tertiary/aromatic N) is 2. The molecule has 0 radical (unpaired) electrons. The minimum atomic E-state index is -2.73. The number of anilines is 1. The molecule has 7 nitrogen and oxygen atoms in total. The molecule has 46 heavy (non-hydrogen) atoms. The fourth-order valence-corrected chi connectivity index (χ4v) is 6.15. The number of nitrogen functional groups attached to an aromatic ring is 1. The van der Waals surface area contributed by atoms with E-state index in [0.717, 1.165) is 28.5 Å². The smallest absolute Gasteiger partial charge is 0.253 e. The van der Waals surface area contributed by atoms with Crippen LogP contribution < -0.4 is 11.1 Å². The van der Waals surface area contributed by atoms with E-state index in [0.29, 0.717) is 33.9 Å². The van der Waals surface area contributed by atoms with E-state index in [-0.39, 0.29) is 61.9 Å². The predicted molar refractivity (Wildman–Crippen MR) is 168 cm³/mol. The van der Waals surface area contributed by atoms with E-state index in [1.807, 2.05) is 36.4 Å². The summed E-state index contributed by atoms with van der Waals surface area (Å²) in [7, 11) is 0. The lowest BCUT2D eigenvalue weighted by molar-refractivity contribution is -0.122. The second-order valence-electron chi connectivity index (χ2n) is 12.1. The van der Waals surface area contributed by atoms with Gasteiger partial charge in [-0.05, 0) is 83.1 Å². The van der Waals surface area contributed by atoms with Gasteiger partial charge in [-0.25, -0.2) is 18.2 Å². The van der Waals surface area contributed by atoms with Gasteiger partial charge in [0.1, 0.15) is 23.0 Å². The number of fused-ring (bicyclic) bond motifs is 1. The maximum absolute atomic E-state index is 14.3. The van der Waals surface area contributed by atoms with Crippen LogP contribution in [0.1, 0.15) is 46.9 Å². The van der Waals surface area contributed by atoms with Gasteiger partial charge in [-0.3, -0.25) is 9.59 Å². The third-order valence-corrected chi connectivity index (χ3v) is 8.85. The molecule has 2 aromatic heterocycles. The number of carbonyl (C=O) groups is 2. The number of aromatic nitrogens is 1. The number of nitrogens with two attached hydrogens (primary N) is 1. The number of rotatable bonds is 7. The van der Waals surface area contributed by atoms with Crippen molar-refractivity contribution in [2.24, 2.45) is 5.92 Å². The van der Waals surface area contributed by atoms with Crippen molar-refractivity contribution in [3.8, 4) is 22.3 Å². The van der Waals surface area contributed by atoms with Gasteiger partial charge in [0.05, 0.1) is 6.54 Å². The normalized spacial score (nSPS) is 18.8. The molecule has 1 saturated carbocycles. The summed E-state index contributed by atoms with van der Waals surface area (Å²) in [6.07, 6.45) is 1.78. The quantitative estimate of drug-likeness (QED) is 0.200. The molecule has 1 aliphatic heterocycles. The highest BCUT2D eigenvalue weighted by Crippen LogP contribution is 2.47. The van der Waals surface area contributed by atoms with Gasteiger partial charge in [0.25, 0.3) is 11.8 Å². The number of amides is 2. The van der Waals surface area contributed by atoms with E-state index in [4.69, 9.17) is 10.2 Å². The number of hydrogen-bond acceptors (Lipinski definition) is 5. The topological polar surface area (TPSA) is 101 Å². The van der Waals surface area contributed by atoms with Crippen LogP contribution in [0.15, 0.2) is 89.5 Å². The Balaban J connectivity index is 1.12. The predicted octanol–water partition coefficient (Wildman–Crippen LogP) is 7.17. The van der Waals surface area contributed by atoms with Gasteiger partial charge in [0, 0.05) is 54.6 Å². The number of pyridine rings is 1. The first-order valence-electron chi connectivity index (χ1n) is 15.2. The Morgan fingerprint density at radius 2 is 1.74 bits per heavy atom. The lowest BCUT2D eigenvalue weighted by Crippen LogP contribution is -2.42. The average molecular weight is 625 g/mol. The van der Waals surface area contributed by atoms with E-state index in [1.165, 1.54) is 17.0 Å². The van der Waals surface area contributed by atoms with Gasteiger partial charge in [0.15, 0.2) is 0 Å². The number of hydrogen-bond donors (Lipinski definition) is 2. The first-order chi connectivity index (χ1) is 22.1. The zero-order chi connectivity index (χ0) is 32.0. The van der Waals surface area contributed by atoms with E-state index >= 15 is 0 Å². The molecule has 2 fully saturated rings. The third-order valence-electron chi connectivity index (χ3n) is 8.85. The van der Waals surface area contributed by atoms with E-state index in [9.17, 15) is 22.8 Å². The molecule has 2 amide bonds. The first-order valence-corrected chi connectivity index (χ1v) is 15.2. The fourth-order valence-electron chi connectivity index (χ4n) is 6.15. The van der Waals surface area contributed by atoms with Crippen molar-refractivity contribution in [3.63, 3.8) is 0 Å². The van der Waals surface area contributed by atoms with Crippen molar-refractivity contribution < 1.29 is 27.2 Å². The highest BCUT2D eigenvalue weighted by atomic mass is 19.3. The molecule has 0 spiro atoms. The van der Waals surface area contributed by atoms with Crippen LogP contribution in [0.5, 0.6) is 0 Å². The number of carbonyl (C=O) groups excluding carboxylic acids is 2. The van der Waals surface area contributed by atoms with Crippen molar-refractivity contribution in [3.05, 3.63) is 108 Å². The molecule has 2 unspecified atom stereocenters. The largest absolute Gasteiger partial charge is 0.459 e. The zero-order valence-corrected chi connectivity index (χ0v) is 24.8. The Bertz CT molecular complexity index is 1930. The number of nitrogens with one attached hydrogen (secondary N) is 1. The molecule has 234 valence electrons. The molecular weight excluding hydrogens is 593 g/mol. The Kier molecular flexibility index (Phi) is 7.50. The maximum atomic E-state index is 14.3. The van der Waals surface area contributed by atoms with Gasteiger partial charge < -0.3 is 20.4 Å². The van der Waals surface area contributed by atoms with Crippen LogP contribution in [-0.4, -0.2) is 40.7 Å². The molecule has 1 saturated heterocycles. The maximum Gasteiger partial charge on any atom is 0.253 e. The molecular formula is C36H31F3N4O3. The summed E-state index contributed by atoms with van der Waals surface area (Å²) in [5.41, 5.74) is 10.6. The van der Waals surface area contributed by atoms with Crippen LogP contribution in [-0.2, 0) is 11.3 Å². The minimum Gasteiger partial charge on any atom is -0.459 e. The van der Waals surface area contributed by atoms with Crippen LogP contribution in [0, 0.1) is 11.7 Å². The summed E-state index contributed by atoms with van der Waals surface area (Å²) >= 11 is 0. The van der Waals surface area contributed by atoms with Crippen molar-refractivity contribution in [2.75, 3.05) is 18.8 Å². The minimum absolute atomic E-state index is 0.0197. The molecule has 0 bridgehead atoms. The summed E-state index contributed by atoms with van der Waals surface area (Å²) in [4.78, 5) is 31.5. The zero-order valence-electron chi connectivity index (χ0n) is 24.8. The van der Waals surface area contributed by atoms with Crippen molar-refractivity contribution in [1.82, 2.24) is 15.2 Å². The fraction of sp³-hybridized carbons (Fsp3) is 0.250. The molecule has 2 atom stereocenters. The molecule has 3 N–H and O–H groups in total. The Morgan fingerprint density at radius 3 is 2.46 bits per heavy atom. The summed E-state index contributed by atoms with van der Waals surface area (Å²) < 4.78 is 47.7. The summed E-state index contributed by atoms with van der Waals surface area (Å²) in [5.74, 6) is -2.50. The van der Waals surface area contributed by atoms with Crippen LogP contribution >= 0.6 is 0 Å². The average Bonchev–Trinajstić information content (AvgIpc) is 3.75. The summed E-state index contributed by atoms with van der Waals surface area (Å²) in [6.45, 7) is 0.228. The molecule has 7 rings (SSSR count). The van der Waals surface area contributed by atoms with Crippen LogP contribution in [0.4, 0.5) is 19.0 Å². The monoisotopic (exact) mass is 624 g/mol. The van der Waals surface area contributed by atoms with Crippen molar-refractivity contribution in [2.45, 2.75) is 37.6 Å². The standard InChI is InChI=1S/C36H31F3N4O3/c37-27-3-1-2-23(15-27)30-17-25(21-4-6-22(7-5-21)35(45)43-12-10-36(38,39)11-13-43)14-26-16-28(46-33(26)30)20-42-34(44)31-18-29(31)24-8-9-32(40)41-19-24/h1-9,14-17,19,29,31H,10-13,18,20H2,(H2,40,41)(H,42,44). The van der Waals surface area contributed by atoms with Crippen LogP contribution in [0.2, 0.25) is 0 Å². The Labute approximate surface area is 263 Å². The van der Waals surface area contributed by atoms with Gasteiger partial charge >= 0.3 is 0 Å². The van der Waals surface area contributed by atoms with Gasteiger partial charge in [0.2, 0.25) is 5.91 Å². The third kappa shape index (κ3) is 6.07. The second kappa shape index (κ2) is 11.7. The highest BCUT2D eigenvalue weighted by Gasteiger charge is 2.44. The number of halogens is 3. The number of alkyl halides is 2. The molecule has 1 aliphatic carbocycles. The van der Waals surface area contributed by atoms with Gasteiger partial charge in [-0.1, -0.05) is 30.3 Å². The second-order valence-corrected chi connectivity index (χ2v) is 12.1. The Hall–Kier alpha value is -5.12. The lowest BCUT2D eigenvalue weighted by atomic mass is 9.96. The number of likely N-dealkylation sites (tertiary alicyclic amines) is 1. The van der Waals surface area contributed by atoms with Crippen LogP contribution in [0.25, 0.3) is 33.2 Å². The van der Waals surface area contributed by atoms with E-state index < -0.39 is 5.92 Å². The van der Waals surface area contributed by atoms with Gasteiger partial charge in [-0.2, -0.15) is 0 Å². The molecule has 3 heterocycles. The van der Waals surface area contributed by atoms with E-state index in [1.54, 1.807) is 36.5 Å². The van der Waals surface area contributed by atoms with Crippen LogP contribution in [0.3, 0.4) is 0 Å². The molecule has 2 aliphatic rings. The Morgan fingerprint density at radius 1 is 0.957 bits per heavy atom. The van der Waals surface area contributed by atoms with Crippen molar-refractivity contribution in [1.29, 1.82) is 0 Å². The molecule has 10 heteroatoms. The SMILES string of the molecule is Nc1ccc(C2CC2C(=O)NCc2cc3cc(-c4ccc(C(=O)N5CCC(F)(F)CC5)cc4)cc(-c4cccc(F)c4)c3o2)cn1. The summed E-state index contributed by atoms with van der Waals surface area (Å²) in [6, 6.07) is 22.6. The number of furan rings is 1. The highest BCUT2D eigenvalue weighted by molar-refractivity contribution is 5.98. The van der Waals surface area contributed by atoms with Gasteiger partial charge in [-0.15, -0.1) is 0 Å². The van der Waals surface area contributed by atoms with E-state index in [2.05, 4.69) is 10.3 Å². The lowest BCUT2D eigenvalue weighted by Gasteiger charge is -2.31. The number of piperidine rings is 1. The number of benzene rings is 3. The van der Waals surface area contributed by atoms with Crippen molar-refractivity contribution >= 4 is 28.6 Å². The first kappa shape index (κ1) is 29.6.